The predicted molar refractivity (Wildman–Crippen MR) is 124 cm³/mol. The van der Waals surface area contributed by atoms with E-state index in [9.17, 15) is 28.0 Å². The summed E-state index contributed by atoms with van der Waals surface area (Å²) in [4.78, 5) is 26.6. The average molecular weight is 533 g/mol. The molecule has 0 fully saturated rings. The zero-order chi connectivity index (χ0) is 26.7. The van der Waals surface area contributed by atoms with Crippen LogP contribution in [0.3, 0.4) is 0 Å². The number of imide groups is 1. The standard InChI is InChI=1S/C23H16ClF3N6O4/c1-36-22(35)33(17-6-8-18(9-7-17)37-23(25,26)27)21(34)32-13-19(31-12-14(10-28)11-29-31)20(30-32)15-2-4-16(24)5-3-15/h2-9,11-12,19H,13H2,1H3. The topological polar surface area (TPSA) is 113 Å². The number of amides is 3. The molecule has 0 saturated heterocycles. The molecule has 2 aromatic carbocycles. The Balaban J connectivity index is 1.68. The summed E-state index contributed by atoms with van der Waals surface area (Å²) in [7, 11) is 1.05. The summed E-state index contributed by atoms with van der Waals surface area (Å²) < 4.78 is 47.5. The first kappa shape index (κ1) is 25.5. The first-order chi connectivity index (χ1) is 17.6. The summed E-state index contributed by atoms with van der Waals surface area (Å²) in [5.74, 6) is -0.537. The van der Waals surface area contributed by atoms with E-state index in [4.69, 9.17) is 16.3 Å². The van der Waals surface area contributed by atoms with Gasteiger partial charge in [0.15, 0.2) is 0 Å². The fourth-order valence-electron chi connectivity index (χ4n) is 3.55. The number of rotatable bonds is 4. The average Bonchev–Trinajstić information content (AvgIpc) is 3.52. The van der Waals surface area contributed by atoms with Gasteiger partial charge in [-0.1, -0.05) is 23.7 Å². The third-order valence-corrected chi connectivity index (χ3v) is 5.43. The highest BCUT2D eigenvalue weighted by Crippen LogP contribution is 2.29. The largest absolute Gasteiger partial charge is 0.573 e. The van der Waals surface area contributed by atoms with Gasteiger partial charge in [-0.3, -0.25) is 4.68 Å². The van der Waals surface area contributed by atoms with E-state index in [2.05, 4.69) is 14.9 Å². The molecule has 4 rings (SSSR count). The maximum absolute atomic E-state index is 13.5. The lowest BCUT2D eigenvalue weighted by Crippen LogP contribution is -2.44. The van der Waals surface area contributed by atoms with Crippen LogP contribution < -0.4 is 9.64 Å². The van der Waals surface area contributed by atoms with Gasteiger partial charge in [-0.2, -0.15) is 20.4 Å². The molecule has 1 atom stereocenters. The van der Waals surface area contributed by atoms with Crippen LogP contribution >= 0.6 is 11.6 Å². The highest BCUT2D eigenvalue weighted by Gasteiger charge is 2.38. The summed E-state index contributed by atoms with van der Waals surface area (Å²) in [5.41, 5.74) is 1.22. The maximum Gasteiger partial charge on any atom is 0.573 e. The van der Waals surface area contributed by atoms with Crippen LogP contribution in [0.15, 0.2) is 66.0 Å². The second kappa shape index (κ2) is 10.2. The molecule has 1 unspecified atom stereocenters. The normalized spacial score (nSPS) is 15.1. The van der Waals surface area contributed by atoms with Gasteiger partial charge in [-0.15, -0.1) is 13.2 Å². The lowest BCUT2D eigenvalue weighted by Gasteiger charge is -2.24. The van der Waals surface area contributed by atoms with Crippen molar-refractivity contribution in [3.63, 3.8) is 0 Å². The van der Waals surface area contributed by atoms with E-state index >= 15 is 0 Å². The second-order valence-corrected chi connectivity index (χ2v) is 7.98. The Morgan fingerprint density at radius 1 is 1.16 bits per heavy atom. The van der Waals surface area contributed by atoms with Crippen molar-refractivity contribution < 1.29 is 32.2 Å². The molecule has 0 radical (unpaired) electrons. The van der Waals surface area contributed by atoms with E-state index in [0.717, 1.165) is 36.4 Å². The first-order valence-corrected chi connectivity index (χ1v) is 10.8. The number of urea groups is 1. The summed E-state index contributed by atoms with van der Waals surface area (Å²) >= 11 is 5.99. The number of methoxy groups -OCH3 is 1. The van der Waals surface area contributed by atoms with Gasteiger partial charge in [0, 0.05) is 16.8 Å². The van der Waals surface area contributed by atoms with Crippen molar-refractivity contribution in [2.45, 2.75) is 12.4 Å². The van der Waals surface area contributed by atoms with E-state index < -0.39 is 30.3 Å². The van der Waals surface area contributed by atoms with E-state index in [1.165, 1.54) is 17.1 Å². The molecule has 37 heavy (non-hydrogen) atoms. The zero-order valence-electron chi connectivity index (χ0n) is 18.9. The minimum atomic E-state index is -4.91. The van der Waals surface area contributed by atoms with Gasteiger partial charge < -0.3 is 9.47 Å². The zero-order valence-corrected chi connectivity index (χ0v) is 19.6. The second-order valence-electron chi connectivity index (χ2n) is 7.54. The summed E-state index contributed by atoms with van der Waals surface area (Å²) in [6, 6.07) is 11.2. The van der Waals surface area contributed by atoms with Crippen molar-refractivity contribution in [3.8, 4) is 11.8 Å². The Morgan fingerprint density at radius 3 is 2.41 bits per heavy atom. The number of nitriles is 1. The maximum atomic E-state index is 13.5. The summed E-state index contributed by atoms with van der Waals surface area (Å²) in [6.45, 7) is -0.0773. The summed E-state index contributed by atoms with van der Waals surface area (Å²) in [6.07, 6.45) is -3.15. The SMILES string of the molecule is COC(=O)N(C(=O)N1CC(n2cc(C#N)cn2)C(c2ccc(Cl)cc2)=N1)c1ccc(OC(F)(F)F)cc1. The molecule has 0 N–H and O–H groups in total. The number of benzene rings is 2. The molecule has 0 spiro atoms. The summed E-state index contributed by atoms with van der Waals surface area (Å²) in [5, 5.41) is 19.2. The number of alkyl halides is 3. The van der Waals surface area contributed by atoms with Gasteiger partial charge in [-0.05, 0) is 36.4 Å². The number of aromatic nitrogens is 2. The van der Waals surface area contributed by atoms with Crippen molar-refractivity contribution in [3.05, 3.63) is 77.1 Å². The van der Waals surface area contributed by atoms with Gasteiger partial charge in [0.25, 0.3) is 0 Å². The molecular weight excluding hydrogens is 517 g/mol. The number of nitrogens with zero attached hydrogens (tertiary/aromatic N) is 6. The highest BCUT2D eigenvalue weighted by molar-refractivity contribution is 6.30. The Bertz CT molecular complexity index is 1380. The van der Waals surface area contributed by atoms with Crippen LogP contribution in [0.2, 0.25) is 5.02 Å². The number of carbonyl (C=O) groups is 2. The van der Waals surface area contributed by atoms with Gasteiger partial charge in [-0.25, -0.2) is 14.6 Å². The minimum absolute atomic E-state index is 0.0773. The van der Waals surface area contributed by atoms with Crippen molar-refractivity contribution in [2.75, 3.05) is 18.6 Å². The first-order valence-electron chi connectivity index (χ1n) is 10.4. The van der Waals surface area contributed by atoms with Crippen molar-refractivity contribution in [1.29, 1.82) is 5.26 Å². The van der Waals surface area contributed by atoms with Crippen LogP contribution in [0.4, 0.5) is 28.4 Å². The lowest BCUT2D eigenvalue weighted by molar-refractivity contribution is -0.274. The fraction of sp³-hybridized carbons (Fsp3) is 0.174. The van der Waals surface area contributed by atoms with E-state index in [1.807, 2.05) is 6.07 Å². The predicted octanol–water partition coefficient (Wildman–Crippen LogP) is 4.96. The molecule has 0 aliphatic carbocycles. The van der Waals surface area contributed by atoms with Crippen LogP contribution in [0.5, 0.6) is 5.75 Å². The van der Waals surface area contributed by atoms with Crippen LogP contribution in [-0.2, 0) is 4.74 Å². The molecule has 1 aliphatic heterocycles. The molecule has 1 aliphatic rings. The number of carbonyl (C=O) groups excluding carboxylic acids is 2. The van der Waals surface area contributed by atoms with Gasteiger partial charge in [0.1, 0.15) is 17.9 Å². The molecule has 0 bridgehead atoms. The molecule has 14 heteroatoms. The number of hydrogen-bond acceptors (Lipinski definition) is 7. The number of halogens is 4. The lowest BCUT2D eigenvalue weighted by atomic mass is 10.0. The van der Waals surface area contributed by atoms with Crippen molar-refractivity contribution >= 4 is 35.1 Å². The fourth-order valence-corrected chi connectivity index (χ4v) is 3.68. The van der Waals surface area contributed by atoms with Gasteiger partial charge in [0.2, 0.25) is 0 Å². The Kier molecular flexibility index (Phi) is 7.03. The van der Waals surface area contributed by atoms with Crippen LogP contribution in [0, 0.1) is 11.3 Å². The van der Waals surface area contributed by atoms with E-state index in [1.54, 1.807) is 24.3 Å². The number of hydrogen-bond donors (Lipinski definition) is 0. The number of ether oxygens (including phenoxy) is 2. The van der Waals surface area contributed by atoms with E-state index in [0.29, 0.717) is 21.2 Å². The van der Waals surface area contributed by atoms with Crippen molar-refractivity contribution in [1.82, 2.24) is 14.8 Å². The number of anilines is 1. The Labute approximate surface area is 212 Å². The van der Waals surface area contributed by atoms with Crippen LogP contribution in [0.1, 0.15) is 17.2 Å². The molecule has 190 valence electrons. The molecule has 2 heterocycles. The third kappa shape index (κ3) is 5.65. The van der Waals surface area contributed by atoms with Crippen molar-refractivity contribution in [2.24, 2.45) is 5.10 Å². The van der Waals surface area contributed by atoms with Crippen LogP contribution in [-0.4, -0.2) is 52.6 Å². The highest BCUT2D eigenvalue weighted by atomic mass is 35.5. The Hall–Kier alpha value is -4.57. The molecule has 0 saturated carbocycles. The minimum Gasteiger partial charge on any atom is -0.452 e. The molecule has 10 nitrogen and oxygen atoms in total. The third-order valence-electron chi connectivity index (χ3n) is 5.18. The van der Waals surface area contributed by atoms with Gasteiger partial charge >= 0.3 is 18.5 Å². The Morgan fingerprint density at radius 2 is 1.84 bits per heavy atom. The molecule has 3 amide bonds. The van der Waals surface area contributed by atoms with E-state index in [-0.39, 0.29) is 17.8 Å². The molecule has 1 aromatic heterocycles. The monoisotopic (exact) mass is 532 g/mol. The van der Waals surface area contributed by atoms with Gasteiger partial charge in [0.05, 0.1) is 36.8 Å². The quantitative estimate of drug-likeness (QED) is 0.469. The van der Waals surface area contributed by atoms with Crippen LogP contribution in [0.25, 0.3) is 0 Å². The molecular formula is C23H16ClF3N6O4. The number of hydrazone groups is 1. The molecule has 3 aromatic rings. The smallest absolute Gasteiger partial charge is 0.452 e.